The zero-order chi connectivity index (χ0) is 11.7. The fraction of sp³-hybridized carbons (Fsp3) is 0.455. The van der Waals surface area contributed by atoms with Gasteiger partial charge in [0.1, 0.15) is 0 Å². The fourth-order valence-electron chi connectivity index (χ4n) is 1.74. The first kappa shape index (κ1) is 10.7. The summed E-state index contributed by atoms with van der Waals surface area (Å²) < 4.78 is 6.71. The number of aryl methyl sites for hydroxylation is 2. The molecule has 0 aliphatic rings. The average Bonchev–Trinajstić information content (AvgIpc) is 2.57. The molecule has 0 amide bonds. The Labute approximate surface area is 93.1 Å². The van der Waals surface area contributed by atoms with Crippen molar-refractivity contribution in [3.05, 3.63) is 27.7 Å². The van der Waals surface area contributed by atoms with Gasteiger partial charge in [-0.25, -0.2) is 4.52 Å². The third kappa shape index (κ3) is 1.58. The van der Waals surface area contributed by atoms with Crippen molar-refractivity contribution in [3.63, 3.8) is 0 Å². The molecule has 0 atom stereocenters. The molecule has 0 aromatic carbocycles. The van der Waals surface area contributed by atoms with Crippen molar-refractivity contribution < 1.29 is 4.74 Å². The summed E-state index contributed by atoms with van der Waals surface area (Å²) in [5, 5.41) is 3.04. The molecular formula is C11H15N3O2. The van der Waals surface area contributed by atoms with Crippen LogP contribution in [0.1, 0.15) is 25.1 Å². The van der Waals surface area contributed by atoms with E-state index in [2.05, 4.69) is 10.1 Å². The lowest BCUT2D eigenvalue weighted by molar-refractivity contribution is 0.326. The molecular weight excluding hydrogens is 206 g/mol. The Kier molecular flexibility index (Phi) is 2.68. The molecule has 2 aromatic rings. The van der Waals surface area contributed by atoms with Gasteiger partial charge in [-0.2, -0.15) is 4.98 Å². The molecule has 0 unspecified atom stereocenters. The van der Waals surface area contributed by atoms with Crippen molar-refractivity contribution in [2.75, 3.05) is 6.61 Å². The van der Waals surface area contributed by atoms with Gasteiger partial charge in [0.2, 0.25) is 5.88 Å². The van der Waals surface area contributed by atoms with Crippen LogP contribution in [0.5, 0.6) is 5.88 Å². The maximum atomic E-state index is 11.8. The second kappa shape index (κ2) is 4.00. The first-order chi connectivity index (χ1) is 7.67. The topological polar surface area (TPSA) is 59.4 Å². The minimum absolute atomic E-state index is 0.142. The van der Waals surface area contributed by atoms with E-state index in [1.54, 1.807) is 0 Å². The highest BCUT2D eigenvalue weighted by atomic mass is 16.5. The van der Waals surface area contributed by atoms with Gasteiger partial charge in [0.15, 0.2) is 5.65 Å². The Bertz CT molecular complexity index is 568. The van der Waals surface area contributed by atoms with Gasteiger partial charge in [0.25, 0.3) is 5.56 Å². The van der Waals surface area contributed by atoms with E-state index in [0.717, 1.165) is 17.7 Å². The van der Waals surface area contributed by atoms with E-state index in [1.165, 1.54) is 10.6 Å². The van der Waals surface area contributed by atoms with Gasteiger partial charge in [-0.1, -0.05) is 6.92 Å². The van der Waals surface area contributed by atoms with Gasteiger partial charge in [-0.3, -0.25) is 9.89 Å². The summed E-state index contributed by atoms with van der Waals surface area (Å²) in [6.45, 7) is 6.36. The van der Waals surface area contributed by atoms with E-state index in [0.29, 0.717) is 18.1 Å². The zero-order valence-corrected chi connectivity index (χ0v) is 9.70. The van der Waals surface area contributed by atoms with Crippen molar-refractivity contribution in [1.82, 2.24) is 14.6 Å². The van der Waals surface area contributed by atoms with Gasteiger partial charge in [0.05, 0.1) is 12.7 Å². The molecule has 0 spiro atoms. The van der Waals surface area contributed by atoms with Gasteiger partial charge in [-0.05, 0) is 20.3 Å². The highest BCUT2D eigenvalue weighted by Gasteiger charge is 2.10. The summed E-state index contributed by atoms with van der Waals surface area (Å²) >= 11 is 0. The first-order valence-corrected chi connectivity index (χ1v) is 5.41. The first-order valence-electron chi connectivity index (χ1n) is 5.41. The monoisotopic (exact) mass is 221 g/mol. The third-order valence-corrected chi connectivity index (χ3v) is 2.58. The van der Waals surface area contributed by atoms with Crippen molar-refractivity contribution >= 4 is 5.65 Å². The van der Waals surface area contributed by atoms with Crippen molar-refractivity contribution in [2.24, 2.45) is 0 Å². The van der Waals surface area contributed by atoms with E-state index in [4.69, 9.17) is 4.74 Å². The number of aromatic nitrogens is 3. The zero-order valence-electron chi connectivity index (χ0n) is 9.70. The highest BCUT2D eigenvalue weighted by Crippen LogP contribution is 2.14. The molecule has 16 heavy (non-hydrogen) atoms. The third-order valence-electron chi connectivity index (χ3n) is 2.58. The van der Waals surface area contributed by atoms with Crippen LogP contribution < -0.4 is 10.3 Å². The van der Waals surface area contributed by atoms with Crippen molar-refractivity contribution in [3.8, 4) is 5.88 Å². The summed E-state index contributed by atoms with van der Waals surface area (Å²) in [5.41, 5.74) is 2.53. The summed E-state index contributed by atoms with van der Waals surface area (Å²) in [6, 6.07) is 1.39. The van der Waals surface area contributed by atoms with Gasteiger partial charge in [-0.15, -0.1) is 0 Å². The SMILES string of the molecule is CCOc1cc(=O)n2[nH]c(CC)c(C)c2n1. The smallest absolute Gasteiger partial charge is 0.276 e. The Morgan fingerprint density at radius 2 is 2.25 bits per heavy atom. The number of nitrogens with zero attached hydrogens (tertiary/aromatic N) is 2. The van der Waals surface area contributed by atoms with Crippen LogP contribution in [0.15, 0.2) is 10.9 Å². The molecule has 5 nitrogen and oxygen atoms in total. The molecule has 86 valence electrons. The molecule has 0 aliphatic heterocycles. The molecule has 1 N–H and O–H groups in total. The molecule has 0 saturated heterocycles. The predicted octanol–water partition coefficient (Wildman–Crippen LogP) is 1.29. The Hall–Kier alpha value is -1.78. The predicted molar refractivity (Wildman–Crippen MR) is 61.1 cm³/mol. The number of rotatable bonds is 3. The summed E-state index contributed by atoms with van der Waals surface area (Å²) in [7, 11) is 0. The molecule has 0 aliphatic carbocycles. The van der Waals surface area contributed by atoms with Crippen LogP contribution in [0.25, 0.3) is 5.65 Å². The van der Waals surface area contributed by atoms with Crippen molar-refractivity contribution in [1.29, 1.82) is 0 Å². The minimum Gasteiger partial charge on any atom is -0.478 e. The number of H-pyrrole nitrogens is 1. The fourth-order valence-corrected chi connectivity index (χ4v) is 1.74. The molecule has 0 saturated carbocycles. The van der Waals surface area contributed by atoms with Gasteiger partial charge in [0, 0.05) is 11.3 Å². The number of hydrogen-bond acceptors (Lipinski definition) is 3. The van der Waals surface area contributed by atoms with Crippen LogP contribution in [0.3, 0.4) is 0 Å². The molecule has 5 heteroatoms. The average molecular weight is 221 g/mol. The number of hydrogen-bond donors (Lipinski definition) is 1. The van der Waals surface area contributed by atoms with Crippen LogP contribution in [-0.2, 0) is 6.42 Å². The highest BCUT2D eigenvalue weighted by molar-refractivity contribution is 5.50. The summed E-state index contributed by atoms with van der Waals surface area (Å²) in [4.78, 5) is 16.1. The lowest BCUT2D eigenvalue weighted by Gasteiger charge is -2.01. The quantitative estimate of drug-likeness (QED) is 0.849. The molecule has 0 bridgehead atoms. The molecule has 0 fully saturated rings. The molecule has 0 radical (unpaired) electrons. The van der Waals surface area contributed by atoms with Gasteiger partial charge < -0.3 is 4.74 Å². The number of nitrogens with one attached hydrogen (secondary N) is 1. The normalized spacial score (nSPS) is 10.9. The van der Waals surface area contributed by atoms with Crippen LogP contribution in [0, 0.1) is 6.92 Å². The number of fused-ring (bicyclic) bond motifs is 1. The molecule has 2 heterocycles. The Morgan fingerprint density at radius 1 is 1.50 bits per heavy atom. The van der Waals surface area contributed by atoms with Crippen molar-refractivity contribution in [2.45, 2.75) is 27.2 Å². The number of ether oxygens (including phenoxy) is 1. The maximum Gasteiger partial charge on any atom is 0.276 e. The summed E-state index contributed by atoms with van der Waals surface area (Å²) in [6.07, 6.45) is 0.846. The second-order valence-electron chi connectivity index (χ2n) is 3.59. The number of aromatic amines is 1. The largest absolute Gasteiger partial charge is 0.478 e. The molecule has 2 aromatic heterocycles. The van der Waals surface area contributed by atoms with Crippen LogP contribution in [-0.4, -0.2) is 21.2 Å². The van der Waals surface area contributed by atoms with Crippen LogP contribution >= 0.6 is 0 Å². The van der Waals surface area contributed by atoms with E-state index in [1.807, 2.05) is 20.8 Å². The van der Waals surface area contributed by atoms with E-state index in [-0.39, 0.29) is 5.56 Å². The minimum atomic E-state index is -0.142. The second-order valence-corrected chi connectivity index (χ2v) is 3.59. The van der Waals surface area contributed by atoms with Crippen LogP contribution in [0.2, 0.25) is 0 Å². The maximum absolute atomic E-state index is 11.8. The lowest BCUT2D eigenvalue weighted by Crippen LogP contribution is -2.15. The van der Waals surface area contributed by atoms with E-state index >= 15 is 0 Å². The van der Waals surface area contributed by atoms with E-state index in [9.17, 15) is 4.79 Å². The van der Waals surface area contributed by atoms with Gasteiger partial charge >= 0.3 is 0 Å². The van der Waals surface area contributed by atoms with E-state index < -0.39 is 0 Å². The standard InChI is InChI=1S/C11H15N3O2/c1-4-8-7(3)11-12-9(16-5-2)6-10(15)14(11)13-8/h6,13H,4-5H2,1-3H3. The molecule has 2 rings (SSSR count). The lowest BCUT2D eigenvalue weighted by atomic mass is 10.2. The Balaban J connectivity index is 2.70. The van der Waals surface area contributed by atoms with Crippen LogP contribution in [0.4, 0.5) is 0 Å². The summed E-state index contributed by atoms with van der Waals surface area (Å²) in [5.74, 6) is 0.386. The Morgan fingerprint density at radius 3 is 2.88 bits per heavy atom.